The van der Waals surface area contributed by atoms with Crippen LogP contribution in [0.25, 0.3) is 0 Å². The van der Waals surface area contributed by atoms with E-state index in [0.29, 0.717) is 19.0 Å². The van der Waals surface area contributed by atoms with Gasteiger partial charge in [0.05, 0.1) is 12.2 Å². The third-order valence-corrected chi connectivity index (χ3v) is 4.87. The molecule has 0 spiro atoms. The van der Waals surface area contributed by atoms with Gasteiger partial charge in [0.25, 0.3) is 0 Å². The number of hydrogen-bond acceptors (Lipinski definition) is 4. The molecule has 0 aliphatic carbocycles. The lowest BCUT2D eigenvalue weighted by Gasteiger charge is -2.39. The zero-order chi connectivity index (χ0) is 18.5. The molecule has 1 N–H and O–H groups in total. The van der Waals surface area contributed by atoms with Crippen molar-refractivity contribution in [3.05, 3.63) is 84.1 Å². The Hall–Kier alpha value is -3.12. The summed E-state index contributed by atoms with van der Waals surface area (Å²) in [6.45, 7) is 2.93. The second-order valence-electron chi connectivity index (χ2n) is 6.55. The van der Waals surface area contributed by atoms with Gasteiger partial charge in [0.15, 0.2) is 0 Å². The summed E-state index contributed by atoms with van der Waals surface area (Å²) in [7, 11) is 0. The van der Waals surface area contributed by atoms with Gasteiger partial charge in [0.1, 0.15) is 0 Å². The quantitative estimate of drug-likeness (QED) is 0.770. The fraction of sp³-hybridized carbons (Fsp3) is 0.238. The molecule has 27 heavy (non-hydrogen) atoms. The van der Waals surface area contributed by atoms with E-state index in [1.165, 1.54) is 17.3 Å². The number of anilines is 1. The minimum Gasteiger partial charge on any atom is -0.338 e. The third kappa shape index (κ3) is 4.01. The van der Waals surface area contributed by atoms with Crippen LogP contribution >= 0.6 is 0 Å². The first-order valence-electron chi connectivity index (χ1n) is 9.12. The largest absolute Gasteiger partial charge is 0.338 e. The topological polar surface area (TPSA) is 61.6 Å². The zero-order valence-electron chi connectivity index (χ0n) is 15.0. The van der Waals surface area contributed by atoms with E-state index in [1.54, 1.807) is 6.07 Å². The number of amides is 2. The molecule has 4 rings (SSSR count). The SMILES string of the molecule is O=C(Nc1ccno1)N1CCN(C(c2ccccc2)c2ccccc2)CC1. The molecule has 2 amide bonds. The molecule has 6 heteroatoms. The average molecular weight is 362 g/mol. The van der Waals surface area contributed by atoms with Crippen molar-refractivity contribution in [2.45, 2.75) is 6.04 Å². The molecule has 0 atom stereocenters. The molecule has 0 bridgehead atoms. The fourth-order valence-electron chi connectivity index (χ4n) is 3.53. The van der Waals surface area contributed by atoms with Crippen LogP contribution in [0.5, 0.6) is 0 Å². The van der Waals surface area contributed by atoms with E-state index in [2.05, 4.69) is 63.9 Å². The Balaban J connectivity index is 1.46. The van der Waals surface area contributed by atoms with Crippen molar-refractivity contribution >= 4 is 11.9 Å². The first kappa shape index (κ1) is 17.3. The molecule has 1 aromatic heterocycles. The van der Waals surface area contributed by atoms with Crippen molar-refractivity contribution in [3.63, 3.8) is 0 Å². The smallest absolute Gasteiger partial charge is 0.324 e. The van der Waals surface area contributed by atoms with Crippen molar-refractivity contribution in [1.82, 2.24) is 15.0 Å². The Morgan fingerprint density at radius 1 is 0.889 bits per heavy atom. The molecule has 0 radical (unpaired) electrons. The van der Waals surface area contributed by atoms with Crippen LogP contribution in [0, 0.1) is 0 Å². The Bertz CT molecular complexity index is 805. The maximum absolute atomic E-state index is 12.4. The monoisotopic (exact) mass is 362 g/mol. The minimum atomic E-state index is -0.151. The molecular weight excluding hydrogens is 340 g/mol. The number of benzene rings is 2. The first-order valence-corrected chi connectivity index (χ1v) is 9.12. The predicted octanol–water partition coefficient (Wildman–Crippen LogP) is 3.61. The molecule has 2 heterocycles. The predicted molar refractivity (Wildman–Crippen MR) is 103 cm³/mol. The van der Waals surface area contributed by atoms with Gasteiger partial charge in [-0.15, -0.1) is 0 Å². The normalized spacial score (nSPS) is 15.1. The summed E-state index contributed by atoms with van der Waals surface area (Å²) in [5, 5.41) is 6.34. The maximum atomic E-state index is 12.4. The van der Waals surface area contributed by atoms with Crippen LogP contribution in [-0.4, -0.2) is 47.2 Å². The van der Waals surface area contributed by atoms with E-state index in [-0.39, 0.29) is 12.1 Å². The summed E-state index contributed by atoms with van der Waals surface area (Å²) in [5.74, 6) is 0.369. The lowest BCUT2D eigenvalue weighted by Crippen LogP contribution is -2.51. The van der Waals surface area contributed by atoms with Gasteiger partial charge >= 0.3 is 6.03 Å². The molecule has 6 nitrogen and oxygen atoms in total. The van der Waals surface area contributed by atoms with Crippen molar-refractivity contribution in [2.75, 3.05) is 31.5 Å². The van der Waals surface area contributed by atoms with Gasteiger partial charge in [0, 0.05) is 32.2 Å². The second-order valence-corrected chi connectivity index (χ2v) is 6.55. The number of nitrogens with zero attached hydrogens (tertiary/aromatic N) is 3. The highest BCUT2D eigenvalue weighted by Gasteiger charge is 2.28. The van der Waals surface area contributed by atoms with Crippen LogP contribution < -0.4 is 5.32 Å². The molecule has 0 unspecified atom stereocenters. The van der Waals surface area contributed by atoms with E-state index in [9.17, 15) is 4.79 Å². The highest BCUT2D eigenvalue weighted by atomic mass is 16.5. The van der Waals surface area contributed by atoms with Gasteiger partial charge < -0.3 is 9.42 Å². The summed E-state index contributed by atoms with van der Waals surface area (Å²) in [4.78, 5) is 16.6. The van der Waals surface area contributed by atoms with Crippen LogP contribution in [0.2, 0.25) is 0 Å². The number of nitrogens with one attached hydrogen (secondary N) is 1. The highest BCUT2D eigenvalue weighted by Crippen LogP contribution is 2.29. The molecule has 1 fully saturated rings. The number of rotatable bonds is 4. The van der Waals surface area contributed by atoms with Crippen molar-refractivity contribution < 1.29 is 9.32 Å². The second kappa shape index (κ2) is 8.05. The van der Waals surface area contributed by atoms with E-state index < -0.39 is 0 Å². The number of aromatic nitrogens is 1. The number of carbonyl (C=O) groups is 1. The Morgan fingerprint density at radius 3 is 2.00 bits per heavy atom. The van der Waals surface area contributed by atoms with Crippen molar-refractivity contribution in [3.8, 4) is 0 Å². The van der Waals surface area contributed by atoms with Crippen molar-refractivity contribution in [1.29, 1.82) is 0 Å². The summed E-state index contributed by atoms with van der Waals surface area (Å²) in [5.41, 5.74) is 2.53. The number of piperazine rings is 1. The highest BCUT2D eigenvalue weighted by molar-refractivity contribution is 5.87. The lowest BCUT2D eigenvalue weighted by atomic mass is 9.96. The van der Waals surface area contributed by atoms with Gasteiger partial charge in [-0.3, -0.25) is 10.2 Å². The van der Waals surface area contributed by atoms with Crippen LogP contribution in [0.15, 0.2) is 77.4 Å². The van der Waals surface area contributed by atoms with Gasteiger partial charge in [-0.2, -0.15) is 0 Å². The molecule has 2 aromatic carbocycles. The summed E-state index contributed by atoms with van der Waals surface area (Å²) in [6, 6.07) is 22.7. The number of carbonyl (C=O) groups excluding carboxylic acids is 1. The molecule has 1 aliphatic heterocycles. The van der Waals surface area contributed by atoms with Gasteiger partial charge in [0.2, 0.25) is 5.88 Å². The standard InChI is InChI=1S/C21H22N4O2/c26-21(23-19-11-12-22-27-19)25-15-13-24(14-16-25)20(17-7-3-1-4-8-17)18-9-5-2-6-10-18/h1-12,20H,13-16H2,(H,23,26). The minimum absolute atomic E-state index is 0.151. The summed E-state index contributed by atoms with van der Waals surface area (Å²) in [6.07, 6.45) is 1.51. The first-order chi connectivity index (χ1) is 13.3. The van der Waals surface area contributed by atoms with E-state index in [0.717, 1.165) is 13.1 Å². The Kier molecular flexibility index (Phi) is 5.16. The molecule has 1 aliphatic rings. The Morgan fingerprint density at radius 2 is 1.48 bits per heavy atom. The van der Waals surface area contributed by atoms with Crippen molar-refractivity contribution in [2.24, 2.45) is 0 Å². The van der Waals surface area contributed by atoms with E-state index in [4.69, 9.17) is 4.52 Å². The summed E-state index contributed by atoms with van der Waals surface area (Å²) < 4.78 is 4.95. The molecule has 138 valence electrons. The maximum Gasteiger partial charge on any atom is 0.324 e. The molecule has 0 saturated carbocycles. The molecule has 1 saturated heterocycles. The van der Waals surface area contributed by atoms with E-state index in [1.807, 2.05) is 17.0 Å². The van der Waals surface area contributed by atoms with Crippen LogP contribution in [0.3, 0.4) is 0 Å². The fourth-order valence-corrected chi connectivity index (χ4v) is 3.53. The third-order valence-electron chi connectivity index (χ3n) is 4.87. The average Bonchev–Trinajstić information content (AvgIpc) is 3.23. The number of urea groups is 1. The van der Waals surface area contributed by atoms with Gasteiger partial charge in [-0.25, -0.2) is 4.79 Å². The van der Waals surface area contributed by atoms with Crippen LogP contribution in [0.1, 0.15) is 17.2 Å². The lowest BCUT2D eigenvalue weighted by molar-refractivity contribution is 0.126. The Labute approximate surface area is 158 Å². The van der Waals surface area contributed by atoms with E-state index >= 15 is 0 Å². The van der Waals surface area contributed by atoms with Crippen LogP contribution in [-0.2, 0) is 0 Å². The molecule has 3 aromatic rings. The number of hydrogen-bond donors (Lipinski definition) is 1. The zero-order valence-corrected chi connectivity index (χ0v) is 15.0. The summed E-state index contributed by atoms with van der Waals surface area (Å²) >= 11 is 0. The van der Waals surface area contributed by atoms with Gasteiger partial charge in [-0.1, -0.05) is 65.8 Å². The molecular formula is C21H22N4O2. The van der Waals surface area contributed by atoms with Gasteiger partial charge in [-0.05, 0) is 11.1 Å². The van der Waals surface area contributed by atoms with Crippen LogP contribution in [0.4, 0.5) is 10.7 Å².